The van der Waals surface area contributed by atoms with Gasteiger partial charge in [-0.1, -0.05) is 36.8 Å². The minimum Gasteiger partial charge on any atom is -0.462 e. The van der Waals surface area contributed by atoms with Gasteiger partial charge in [-0.2, -0.15) is 10.5 Å². The number of nitrogens with zero attached hydrogens (tertiary/aromatic N) is 3. The molecule has 0 bridgehead atoms. The lowest BCUT2D eigenvalue weighted by atomic mass is 9.97. The quantitative estimate of drug-likeness (QED) is 0.208. The molecule has 0 fully saturated rings. The zero-order chi connectivity index (χ0) is 27.1. The molecule has 3 N–H and O–H groups in total. The molecule has 194 valence electrons. The topological polar surface area (TPSA) is 142 Å². The molecule has 0 saturated heterocycles. The lowest BCUT2D eigenvalue weighted by Crippen LogP contribution is -2.15. The van der Waals surface area contributed by atoms with E-state index in [1.165, 1.54) is 23.1 Å². The number of carbonyl (C=O) groups is 2. The number of ether oxygens (including phenoxy) is 1. The first-order chi connectivity index (χ1) is 18.5. The van der Waals surface area contributed by atoms with Crippen molar-refractivity contribution >= 4 is 45.8 Å². The third-order valence-electron chi connectivity index (χ3n) is 6.20. The van der Waals surface area contributed by atoms with Crippen molar-refractivity contribution in [3.63, 3.8) is 0 Å². The molecule has 1 aliphatic rings. The number of fused-ring (bicyclic) bond motifs is 1. The molecule has 0 spiro atoms. The number of aromatic nitrogens is 1. The van der Waals surface area contributed by atoms with Gasteiger partial charge in [-0.05, 0) is 43.7 Å². The SMILES string of the molecule is CCOC(=O)c1c(NC(=O)CCSc2nc(N)c(C#N)c(-c3ccccc3)c2C#N)sc2c1CCCCC2. The summed E-state index contributed by atoms with van der Waals surface area (Å²) in [6.07, 6.45) is 5.01. The Morgan fingerprint density at radius 2 is 1.87 bits per heavy atom. The van der Waals surface area contributed by atoms with Gasteiger partial charge in [0.1, 0.15) is 33.5 Å². The zero-order valence-corrected chi connectivity index (χ0v) is 22.6. The number of nitriles is 2. The molecule has 1 aromatic carbocycles. The Kier molecular flexibility index (Phi) is 9.01. The van der Waals surface area contributed by atoms with E-state index in [4.69, 9.17) is 10.5 Å². The highest BCUT2D eigenvalue weighted by atomic mass is 32.2. The second-order valence-electron chi connectivity index (χ2n) is 8.65. The molecule has 0 radical (unpaired) electrons. The van der Waals surface area contributed by atoms with Crippen LogP contribution in [0.25, 0.3) is 11.1 Å². The average molecular weight is 546 g/mol. The molecule has 0 aliphatic heterocycles. The molecule has 0 unspecified atom stereocenters. The smallest absolute Gasteiger partial charge is 0.341 e. The molecule has 38 heavy (non-hydrogen) atoms. The minimum atomic E-state index is -0.402. The standard InChI is InChI=1S/C28H27N5O3S2/c1-2-36-28(35)24-18-11-7-4-8-12-21(18)38-27(24)32-22(34)13-14-37-26-20(16-30)23(17-9-5-3-6-10-17)19(15-29)25(31)33-26/h3,5-6,9-10H,2,4,7-8,11-14H2,1H3,(H2,31,33)(H,32,34). The molecule has 2 heterocycles. The Hall–Kier alpha value is -3.86. The van der Waals surface area contributed by atoms with E-state index in [-0.39, 0.29) is 35.9 Å². The summed E-state index contributed by atoms with van der Waals surface area (Å²) < 4.78 is 5.30. The molecular formula is C28H27N5O3S2. The van der Waals surface area contributed by atoms with Crippen molar-refractivity contribution in [2.45, 2.75) is 50.5 Å². The van der Waals surface area contributed by atoms with Gasteiger partial charge in [-0.25, -0.2) is 9.78 Å². The van der Waals surface area contributed by atoms with Crippen molar-refractivity contribution in [2.24, 2.45) is 0 Å². The van der Waals surface area contributed by atoms with E-state index >= 15 is 0 Å². The summed E-state index contributed by atoms with van der Waals surface area (Å²) >= 11 is 2.69. The van der Waals surface area contributed by atoms with Crippen molar-refractivity contribution in [1.29, 1.82) is 10.5 Å². The minimum absolute atomic E-state index is 0.0384. The Balaban J connectivity index is 1.52. The maximum Gasteiger partial charge on any atom is 0.341 e. The van der Waals surface area contributed by atoms with Crippen LogP contribution in [0.15, 0.2) is 35.4 Å². The normalized spacial score (nSPS) is 12.5. The van der Waals surface area contributed by atoms with Crippen LogP contribution in [0.5, 0.6) is 0 Å². The van der Waals surface area contributed by atoms with Crippen LogP contribution in [0.3, 0.4) is 0 Å². The molecular weight excluding hydrogens is 518 g/mol. The maximum absolute atomic E-state index is 12.9. The lowest BCUT2D eigenvalue weighted by Gasteiger charge is -2.13. The van der Waals surface area contributed by atoms with Crippen LogP contribution in [-0.2, 0) is 22.4 Å². The molecule has 4 rings (SSSR count). The van der Waals surface area contributed by atoms with Crippen molar-refractivity contribution in [3.8, 4) is 23.3 Å². The number of amides is 1. The summed E-state index contributed by atoms with van der Waals surface area (Å²) in [5, 5.41) is 23.4. The van der Waals surface area contributed by atoms with E-state index in [0.29, 0.717) is 32.5 Å². The summed E-state index contributed by atoms with van der Waals surface area (Å²) in [6, 6.07) is 13.3. The lowest BCUT2D eigenvalue weighted by molar-refractivity contribution is -0.115. The van der Waals surface area contributed by atoms with Gasteiger partial charge in [0, 0.05) is 22.6 Å². The van der Waals surface area contributed by atoms with Gasteiger partial charge in [0.05, 0.1) is 17.7 Å². The van der Waals surface area contributed by atoms with E-state index in [0.717, 1.165) is 42.5 Å². The van der Waals surface area contributed by atoms with E-state index in [1.54, 1.807) is 6.92 Å². The predicted octanol–water partition coefficient (Wildman–Crippen LogP) is 5.70. The van der Waals surface area contributed by atoms with Crippen LogP contribution < -0.4 is 11.1 Å². The van der Waals surface area contributed by atoms with E-state index in [1.807, 2.05) is 30.3 Å². The molecule has 0 saturated carbocycles. The Bertz CT molecular complexity index is 1440. The third-order valence-corrected chi connectivity index (χ3v) is 8.38. The highest BCUT2D eigenvalue weighted by Crippen LogP contribution is 2.39. The first-order valence-corrected chi connectivity index (χ1v) is 14.2. The number of thioether (sulfide) groups is 1. The second-order valence-corrected chi connectivity index (χ2v) is 10.8. The fourth-order valence-electron chi connectivity index (χ4n) is 4.48. The molecule has 1 aliphatic carbocycles. The Morgan fingerprint density at radius 3 is 2.58 bits per heavy atom. The van der Waals surface area contributed by atoms with Crippen molar-refractivity contribution < 1.29 is 14.3 Å². The van der Waals surface area contributed by atoms with Crippen molar-refractivity contribution in [3.05, 3.63) is 57.5 Å². The number of pyridine rings is 1. The van der Waals surface area contributed by atoms with Crippen LogP contribution in [0.2, 0.25) is 0 Å². The summed E-state index contributed by atoms with van der Waals surface area (Å²) in [6.45, 7) is 2.03. The average Bonchev–Trinajstić information content (AvgIpc) is 3.08. The van der Waals surface area contributed by atoms with Crippen molar-refractivity contribution in [2.75, 3.05) is 23.4 Å². The van der Waals surface area contributed by atoms with E-state index in [9.17, 15) is 20.1 Å². The molecule has 2 aromatic heterocycles. The highest BCUT2D eigenvalue weighted by Gasteiger charge is 2.27. The summed E-state index contributed by atoms with van der Waals surface area (Å²) in [7, 11) is 0. The highest BCUT2D eigenvalue weighted by molar-refractivity contribution is 7.99. The number of anilines is 2. The predicted molar refractivity (Wildman–Crippen MR) is 149 cm³/mol. The number of nitrogens with one attached hydrogen (secondary N) is 1. The van der Waals surface area contributed by atoms with E-state index in [2.05, 4.69) is 22.4 Å². The number of hydrogen-bond acceptors (Lipinski definition) is 9. The number of hydrogen-bond donors (Lipinski definition) is 2. The number of esters is 1. The monoisotopic (exact) mass is 545 g/mol. The van der Waals surface area contributed by atoms with Gasteiger partial charge in [-0.15, -0.1) is 23.1 Å². The van der Waals surface area contributed by atoms with Crippen LogP contribution in [0.4, 0.5) is 10.8 Å². The zero-order valence-electron chi connectivity index (χ0n) is 21.0. The van der Waals surface area contributed by atoms with Crippen LogP contribution in [0, 0.1) is 22.7 Å². The Labute approximate surface area is 229 Å². The van der Waals surface area contributed by atoms with Gasteiger partial charge in [0.2, 0.25) is 5.91 Å². The third kappa shape index (κ3) is 5.83. The summed E-state index contributed by atoms with van der Waals surface area (Å²) in [5.41, 5.74) is 9.09. The van der Waals surface area contributed by atoms with Gasteiger partial charge in [-0.3, -0.25) is 4.79 Å². The summed E-state index contributed by atoms with van der Waals surface area (Å²) in [5.74, 6) is -0.285. The molecule has 3 aromatic rings. The van der Waals surface area contributed by atoms with Gasteiger partial charge in [0.25, 0.3) is 0 Å². The molecule has 8 nitrogen and oxygen atoms in total. The first kappa shape index (κ1) is 27.2. The van der Waals surface area contributed by atoms with Crippen LogP contribution in [0.1, 0.15) is 64.5 Å². The van der Waals surface area contributed by atoms with Crippen molar-refractivity contribution in [1.82, 2.24) is 4.98 Å². The van der Waals surface area contributed by atoms with Crippen LogP contribution >= 0.6 is 23.1 Å². The number of thiophene rings is 1. The number of aryl methyl sites for hydroxylation is 1. The number of nitrogen functional groups attached to an aromatic ring is 1. The van der Waals surface area contributed by atoms with Gasteiger partial charge >= 0.3 is 5.97 Å². The van der Waals surface area contributed by atoms with Crippen LogP contribution in [-0.4, -0.2) is 29.2 Å². The second kappa shape index (κ2) is 12.6. The summed E-state index contributed by atoms with van der Waals surface area (Å²) in [4.78, 5) is 31.1. The first-order valence-electron chi connectivity index (χ1n) is 12.4. The Morgan fingerprint density at radius 1 is 1.13 bits per heavy atom. The maximum atomic E-state index is 12.9. The van der Waals surface area contributed by atoms with Gasteiger partial charge < -0.3 is 15.8 Å². The number of carbonyl (C=O) groups excluding carboxylic acids is 2. The molecule has 0 atom stereocenters. The number of rotatable bonds is 8. The number of nitrogens with two attached hydrogens (primary N) is 1. The fourth-order valence-corrected chi connectivity index (χ4v) is 6.70. The largest absolute Gasteiger partial charge is 0.462 e. The van der Waals surface area contributed by atoms with E-state index < -0.39 is 5.97 Å². The molecule has 1 amide bonds. The molecule has 10 heteroatoms. The fraction of sp³-hybridized carbons (Fsp3) is 0.321. The number of benzene rings is 1. The van der Waals surface area contributed by atoms with Gasteiger partial charge in [0.15, 0.2) is 0 Å².